The second kappa shape index (κ2) is 65.9. The van der Waals surface area contributed by atoms with Crippen molar-refractivity contribution in [2.75, 3.05) is 13.2 Å². The Bertz CT molecular complexity index is 1190. The highest BCUT2D eigenvalue weighted by Crippen LogP contribution is 2.19. The molecular formula is C70H135NO5. The van der Waals surface area contributed by atoms with E-state index in [2.05, 4.69) is 43.5 Å². The van der Waals surface area contributed by atoms with Crippen LogP contribution in [0.25, 0.3) is 0 Å². The minimum absolute atomic E-state index is 0.0134. The highest BCUT2D eigenvalue weighted by molar-refractivity contribution is 5.76. The normalized spacial score (nSPS) is 12.6. The Morgan fingerprint density at radius 3 is 1.03 bits per heavy atom. The third-order valence-electron chi connectivity index (χ3n) is 16.3. The molecule has 2 atom stereocenters. The number of nitrogens with one attached hydrogen (secondary N) is 1. The Labute approximate surface area is 475 Å². The smallest absolute Gasteiger partial charge is 0.305 e. The van der Waals surface area contributed by atoms with E-state index in [1.54, 1.807) is 0 Å². The fourth-order valence-corrected chi connectivity index (χ4v) is 11.0. The molecule has 0 spiro atoms. The maximum atomic E-state index is 12.5. The van der Waals surface area contributed by atoms with E-state index in [9.17, 15) is 19.8 Å². The average molecular weight is 1070 g/mol. The lowest BCUT2D eigenvalue weighted by atomic mass is 10.0. The first-order chi connectivity index (χ1) is 37.5. The van der Waals surface area contributed by atoms with Crippen LogP contribution in [0.1, 0.15) is 386 Å². The molecule has 6 nitrogen and oxygen atoms in total. The van der Waals surface area contributed by atoms with E-state index in [-0.39, 0.29) is 18.5 Å². The second-order valence-corrected chi connectivity index (χ2v) is 23.9. The van der Waals surface area contributed by atoms with E-state index in [0.717, 1.165) is 51.4 Å². The molecule has 0 aromatic rings. The molecule has 0 rings (SSSR count). The lowest BCUT2D eigenvalue weighted by Gasteiger charge is -2.22. The quantitative estimate of drug-likeness (QED) is 0.0320. The molecule has 2 unspecified atom stereocenters. The Morgan fingerprint density at radius 2 is 0.658 bits per heavy atom. The molecule has 450 valence electrons. The van der Waals surface area contributed by atoms with Gasteiger partial charge in [-0.2, -0.15) is 0 Å². The van der Waals surface area contributed by atoms with Gasteiger partial charge in [-0.05, 0) is 57.8 Å². The number of rotatable bonds is 65. The summed E-state index contributed by atoms with van der Waals surface area (Å²) in [6.45, 7) is 4.96. The highest BCUT2D eigenvalue weighted by Gasteiger charge is 2.20. The van der Waals surface area contributed by atoms with E-state index in [0.29, 0.717) is 25.9 Å². The number of unbranched alkanes of at least 4 members (excludes halogenated alkanes) is 50. The molecule has 0 aromatic carbocycles. The van der Waals surface area contributed by atoms with Crippen LogP contribution in [-0.4, -0.2) is 47.4 Å². The summed E-state index contributed by atoms with van der Waals surface area (Å²) in [5, 5.41) is 23.3. The number of carbonyl (C=O) groups excluding carboxylic acids is 2. The standard InChI is InChI=1S/C70H135NO5/c1-3-5-7-9-11-13-15-17-19-20-28-32-36-40-44-48-52-56-60-64-70(75)76-65-61-57-53-49-45-41-37-33-30-27-25-23-21-22-24-26-29-31-35-39-43-47-51-55-59-63-69(74)71-67(66-72)68(73)62-58-54-50-46-42-38-34-18-16-14-12-10-8-6-4-2/h11,13,17,19,67-68,72-73H,3-10,12,14-16,18,20-66H2,1-2H3,(H,71,74)/b13-11-,19-17-. The number of hydrogen-bond acceptors (Lipinski definition) is 5. The fourth-order valence-electron chi connectivity index (χ4n) is 11.0. The number of esters is 1. The van der Waals surface area contributed by atoms with Gasteiger partial charge in [0.2, 0.25) is 5.91 Å². The van der Waals surface area contributed by atoms with Crippen LogP contribution in [0, 0.1) is 0 Å². The average Bonchev–Trinajstić information content (AvgIpc) is 3.42. The van der Waals surface area contributed by atoms with Gasteiger partial charge in [0.25, 0.3) is 0 Å². The topological polar surface area (TPSA) is 95.9 Å². The molecule has 0 aliphatic heterocycles. The summed E-state index contributed by atoms with van der Waals surface area (Å²) < 4.78 is 5.51. The van der Waals surface area contributed by atoms with Crippen molar-refractivity contribution in [3.8, 4) is 0 Å². The first kappa shape index (κ1) is 74.3. The van der Waals surface area contributed by atoms with Gasteiger partial charge in [0.1, 0.15) is 0 Å². The van der Waals surface area contributed by atoms with Crippen molar-refractivity contribution in [3.63, 3.8) is 0 Å². The first-order valence-electron chi connectivity index (χ1n) is 34.6. The summed E-state index contributed by atoms with van der Waals surface area (Å²) in [6, 6.07) is -0.540. The van der Waals surface area contributed by atoms with Crippen LogP contribution in [-0.2, 0) is 14.3 Å². The van der Waals surface area contributed by atoms with E-state index in [4.69, 9.17) is 4.74 Å². The molecule has 76 heavy (non-hydrogen) atoms. The van der Waals surface area contributed by atoms with Crippen molar-refractivity contribution in [1.82, 2.24) is 5.32 Å². The van der Waals surface area contributed by atoms with Gasteiger partial charge in [-0.15, -0.1) is 0 Å². The van der Waals surface area contributed by atoms with Gasteiger partial charge >= 0.3 is 5.97 Å². The van der Waals surface area contributed by atoms with Crippen molar-refractivity contribution in [2.45, 2.75) is 398 Å². The van der Waals surface area contributed by atoms with Crippen molar-refractivity contribution >= 4 is 11.9 Å². The van der Waals surface area contributed by atoms with Crippen LogP contribution in [0.15, 0.2) is 24.3 Å². The number of aliphatic hydroxyl groups excluding tert-OH is 2. The Kier molecular flexibility index (Phi) is 64.4. The Morgan fingerprint density at radius 1 is 0.368 bits per heavy atom. The molecule has 3 N–H and O–H groups in total. The monoisotopic (exact) mass is 1070 g/mol. The van der Waals surface area contributed by atoms with Gasteiger partial charge in [0.15, 0.2) is 0 Å². The zero-order valence-corrected chi connectivity index (χ0v) is 51.5. The van der Waals surface area contributed by atoms with Crippen LogP contribution in [0.4, 0.5) is 0 Å². The molecule has 0 aliphatic rings. The second-order valence-electron chi connectivity index (χ2n) is 23.9. The summed E-state index contributed by atoms with van der Waals surface area (Å²) in [5.41, 5.74) is 0. The highest BCUT2D eigenvalue weighted by atomic mass is 16.5. The molecule has 0 saturated heterocycles. The molecular weight excluding hydrogens is 935 g/mol. The molecule has 0 fully saturated rings. The van der Waals surface area contributed by atoms with Crippen molar-refractivity contribution in [2.24, 2.45) is 0 Å². The molecule has 0 bridgehead atoms. The number of aliphatic hydroxyl groups is 2. The van der Waals surface area contributed by atoms with Crippen molar-refractivity contribution in [1.29, 1.82) is 0 Å². The van der Waals surface area contributed by atoms with Crippen LogP contribution >= 0.6 is 0 Å². The van der Waals surface area contributed by atoms with Gasteiger partial charge in [-0.25, -0.2) is 0 Å². The van der Waals surface area contributed by atoms with Gasteiger partial charge in [0, 0.05) is 12.8 Å². The van der Waals surface area contributed by atoms with Gasteiger partial charge in [0.05, 0.1) is 25.4 Å². The molecule has 6 heteroatoms. The van der Waals surface area contributed by atoms with Crippen LogP contribution in [0.3, 0.4) is 0 Å². The predicted molar refractivity (Wildman–Crippen MR) is 333 cm³/mol. The van der Waals surface area contributed by atoms with E-state index in [1.165, 1.54) is 302 Å². The zero-order valence-electron chi connectivity index (χ0n) is 51.5. The van der Waals surface area contributed by atoms with Gasteiger partial charge in [-0.3, -0.25) is 9.59 Å². The largest absolute Gasteiger partial charge is 0.466 e. The molecule has 0 aromatic heterocycles. The third kappa shape index (κ3) is 61.6. The molecule has 0 radical (unpaired) electrons. The van der Waals surface area contributed by atoms with Crippen molar-refractivity contribution < 1.29 is 24.5 Å². The van der Waals surface area contributed by atoms with Crippen LogP contribution in [0.2, 0.25) is 0 Å². The lowest BCUT2D eigenvalue weighted by molar-refractivity contribution is -0.143. The predicted octanol–water partition coefficient (Wildman–Crippen LogP) is 22.1. The number of amides is 1. The van der Waals surface area contributed by atoms with E-state index in [1.807, 2.05) is 0 Å². The Hall–Kier alpha value is -1.66. The number of allylic oxidation sites excluding steroid dienone is 4. The molecule has 1 amide bonds. The number of hydrogen-bond donors (Lipinski definition) is 3. The summed E-state index contributed by atoms with van der Waals surface area (Å²) >= 11 is 0. The van der Waals surface area contributed by atoms with Gasteiger partial charge in [-0.1, -0.05) is 340 Å². The summed E-state index contributed by atoms with van der Waals surface area (Å²) in [6.07, 6.45) is 82.1. The minimum atomic E-state index is -0.663. The minimum Gasteiger partial charge on any atom is -0.466 e. The Balaban J connectivity index is 3.34. The van der Waals surface area contributed by atoms with Crippen molar-refractivity contribution in [3.05, 3.63) is 24.3 Å². The number of ether oxygens (including phenoxy) is 1. The molecule has 0 aliphatic carbocycles. The van der Waals surface area contributed by atoms with Crippen LogP contribution < -0.4 is 5.32 Å². The van der Waals surface area contributed by atoms with E-state index >= 15 is 0 Å². The zero-order chi connectivity index (χ0) is 55.0. The van der Waals surface area contributed by atoms with Crippen LogP contribution in [0.5, 0.6) is 0 Å². The lowest BCUT2D eigenvalue weighted by Crippen LogP contribution is -2.45. The first-order valence-corrected chi connectivity index (χ1v) is 34.6. The van der Waals surface area contributed by atoms with Gasteiger partial charge < -0.3 is 20.3 Å². The maximum Gasteiger partial charge on any atom is 0.305 e. The summed E-state index contributed by atoms with van der Waals surface area (Å²) in [7, 11) is 0. The summed E-state index contributed by atoms with van der Waals surface area (Å²) in [4.78, 5) is 24.6. The van der Waals surface area contributed by atoms with E-state index < -0.39 is 12.1 Å². The maximum absolute atomic E-state index is 12.5. The summed E-state index contributed by atoms with van der Waals surface area (Å²) in [5.74, 6) is -0.0171. The number of carbonyl (C=O) groups is 2. The fraction of sp³-hybridized carbons (Fsp3) is 0.914. The third-order valence-corrected chi connectivity index (χ3v) is 16.3. The molecule has 0 saturated carbocycles. The SMILES string of the molecule is CCCCC/C=C\C/C=C\CCCCCCCCCCCC(=O)OCCCCCCCCCCCCCCCCCCCCCCCCCCCC(=O)NC(CO)C(O)CCCCCCCCCCCCCCCCC. The molecule has 0 heterocycles.